The van der Waals surface area contributed by atoms with Crippen molar-refractivity contribution in [3.8, 4) is 0 Å². The van der Waals surface area contributed by atoms with E-state index in [0.717, 1.165) is 26.4 Å². The first-order chi connectivity index (χ1) is 8.10. The lowest BCUT2D eigenvalue weighted by atomic mass is 9.77. The van der Waals surface area contributed by atoms with Gasteiger partial charge >= 0.3 is 0 Å². The van der Waals surface area contributed by atoms with Crippen LogP contribution in [0.3, 0.4) is 0 Å². The number of rotatable bonds is 11. The molecule has 0 fully saturated rings. The molecule has 0 rings (SSSR count). The van der Waals surface area contributed by atoms with Gasteiger partial charge in [0.1, 0.15) is 0 Å². The van der Waals surface area contributed by atoms with E-state index in [9.17, 15) is 0 Å². The van der Waals surface area contributed by atoms with Crippen LogP contribution in [0.1, 0.15) is 60.3 Å². The Morgan fingerprint density at radius 3 is 1.82 bits per heavy atom. The van der Waals surface area contributed by atoms with Crippen LogP contribution in [0.15, 0.2) is 0 Å². The monoisotopic (exact) mass is 244 g/mol. The zero-order valence-electron chi connectivity index (χ0n) is 12.6. The Hall–Kier alpha value is -0.0800. The first kappa shape index (κ1) is 16.9. The topological polar surface area (TPSA) is 18.5 Å². The van der Waals surface area contributed by atoms with E-state index in [2.05, 4.69) is 34.6 Å². The van der Waals surface area contributed by atoms with Crippen molar-refractivity contribution in [3.63, 3.8) is 0 Å². The van der Waals surface area contributed by atoms with Crippen molar-refractivity contribution in [1.82, 2.24) is 0 Å². The third kappa shape index (κ3) is 7.77. The SMILES string of the molecule is CCCCC(COCC)(COCC)CC(C)C. The molecule has 0 spiro atoms. The summed E-state index contributed by atoms with van der Waals surface area (Å²) in [6.07, 6.45) is 4.94. The molecular formula is C15H32O2. The summed E-state index contributed by atoms with van der Waals surface area (Å²) < 4.78 is 11.4. The molecule has 0 unspecified atom stereocenters. The van der Waals surface area contributed by atoms with Gasteiger partial charge in [0.15, 0.2) is 0 Å². The second-order valence-electron chi connectivity index (χ2n) is 5.48. The highest BCUT2D eigenvalue weighted by Gasteiger charge is 2.31. The summed E-state index contributed by atoms with van der Waals surface area (Å²) in [5, 5.41) is 0. The first-order valence-electron chi connectivity index (χ1n) is 7.25. The van der Waals surface area contributed by atoms with Gasteiger partial charge in [0.05, 0.1) is 13.2 Å². The fraction of sp³-hybridized carbons (Fsp3) is 1.00. The Bertz CT molecular complexity index is 145. The van der Waals surface area contributed by atoms with Crippen LogP contribution in [0.25, 0.3) is 0 Å². The summed E-state index contributed by atoms with van der Waals surface area (Å²) in [4.78, 5) is 0. The molecule has 0 aromatic rings. The van der Waals surface area contributed by atoms with Crippen LogP contribution in [0, 0.1) is 11.3 Å². The van der Waals surface area contributed by atoms with E-state index in [1.165, 1.54) is 25.7 Å². The van der Waals surface area contributed by atoms with Crippen molar-refractivity contribution in [2.24, 2.45) is 11.3 Å². The first-order valence-corrected chi connectivity index (χ1v) is 7.25. The molecule has 104 valence electrons. The van der Waals surface area contributed by atoms with Gasteiger partial charge in [0.2, 0.25) is 0 Å². The predicted molar refractivity (Wildman–Crippen MR) is 74.4 cm³/mol. The molecule has 17 heavy (non-hydrogen) atoms. The summed E-state index contributed by atoms with van der Waals surface area (Å²) in [6, 6.07) is 0. The van der Waals surface area contributed by atoms with Crippen LogP contribution in [0.5, 0.6) is 0 Å². The van der Waals surface area contributed by atoms with E-state index in [1.807, 2.05) is 0 Å². The van der Waals surface area contributed by atoms with Crippen molar-refractivity contribution in [2.75, 3.05) is 26.4 Å². The van der Waals surface area contributed by atoms with Crippen molar-refractivity contribution >= 4 is 0 Å². The molecule has 0 saturated heterocycles. The van der Waals surface area contributed by atoms with Crippen molar-refractivity contribution in [3.05, 3.63) is 0 Å². The quantitative estimate of drug-likeness (QED) is 0.540. The van der Waals surface area contributed by atoms with Crippen LogP contribution >= 0.6 is 0 Å². The Labute approximate surface area is 108 Å². The van der Waals surface area contributed by atoms with Crippen LogP contribution in [-0.2, 0) is 9.47 Å². The van der Waals surface area contributed by atoms with Crippen LogP contribution < -0.4 is 0 Å². The lowest BCUT2D eigenvalue weighted by Gasteiger charge is -2.35. The molecule has 0 aliphatic heterocycles. The average molecular weight is 244 g/mol. The molecule has 0 amide bonds. The van der Waals surface area contributed by atoms with E-state index >= 15 is 0 Å². The summed E-state index contributed by atoms with van der Waals surface area (Å²) in [5.74, 6) is 0.702. The molecule has 2 nitrogen and oxygen atoms in total. The molecule has 0 aromatic carbocycles. The molecule has 0 aromatic heterocycles. The second-order valence-corrected chi connectivity index (χ2v) is 5.48. The maximum absolute atomic E-state index is 5.71. The molecule has 0 bridgehead atoms. The normalized spacial score (nSPS) is 12.4. The van der Waals surface area contributed by atoms with Gasteiger partial charge in [-0.25, -0.2) is 0 Å². The standard InChI is InChI=1S/C15H32O2/c1-6-9-10-15(11-14(4)5,12-16-7-2)13-17-8-3/h14H,6-13H2,1-5H3. The lowest BCUT2D eigenvalue weighted by molar-refractivity contribution is -0.0339. The molecule has 0 saturated carbocycles. The predicted octanol–water partition coefficient (Wildman–Crippen LogP) is 4.28. The molecule has 2 heteroatoms. The van der Waals surface area contributed by atoms with Gasteiger partial charge in [-0.05, 0) is 32.6 Å². The van der Waals surface area contributed by atoms with Crippen molar-refractivity contribution in [1.29, 1.82) is 0 Å². The van der Waals surface area contributed by atoms with Gasteiger partial charge in [-0.2, -0.15) is 0 Å². The van der Waals surface area contributed by atoms with Crippen LogP contribution in [0.4, 0.5) is 0 Å². The van der Waals surface area contributed by atoms with E-state index in [4.69, 9.17) is 9.47 Å². The highest BCUT2D eigenvalue weighted by Crippen LogP contribution is 2.33. The van der Waals surface area contributed by atoms with Gasteiger partial charge < -0.3 is 9.47 Å². The summed E-state index contributed by atoms with van der Waals surface area (Å²) in [7, 11) is 0. The van der Waals surface area contributed by atoms with Gasteiger partial charge in [-0.1, -0.05) is 33.6 Å². The number of ether oxygens (including phenoxy) is 2. The third-order valence-corrected chi connectivity index (χ3v) is 3.13. The third-order valence-electron chi connectivity index (χ3n) is 3.13. The maximum atomic E-state index is 5.71. The van der Waals surface area contributed by atoms with Gasteiger partial charge in [0, 0.05) is 18.6 Å². The molecule has 0 N–H and O–H groups in total. The zero-order valence-corrected chi connectivity index (χ0v) is 12.6. The molecule has 0 aliphatic rings. The zero-order chi connectivity index (χ0) is 13.1. The van der Waals surface area contributed by atoms with Crippen molar-refractivity contribution in [2.45, 2.75) is 60.3 Å². The fourth-order valence-corrected chi connectivity index (χ4v) is 2.46. The van der Waals surface area contributed by atoms with Crippen molar-refractivity contribution < 1.29 is 9.47 Å². The Morgan fingerprint density at radius 1 is 0.941 bits per heavy atom. The van der Waals surface area contributed by atoms with E-state index in [0.29, 0.717) is 5.92 Å². The Balaban J connectivity index is 4.51. The fourth-order valence-electron chi connectivity index (χ4n) is 2.46. The van der Waals surface area contributed by atoms with E-state index in [1.54, 1.807) is 0 Å². The van der Waals surface area contributed by atoms with E-state index in [-0.39, 0.29) is 5.41 Å². The molecule has 0 radical (unpaired) electrons. The summed E-state index contributed by atoms with van der Waals surface area (Å²) >= 11 is 0. The number of hydrogen-bond acceptors (Lipinski definition) is 2. The smallest absolute Gasteiger partial charge is 0.0544 e. The van der Waals surface area contributed by atoms with Crippen LogP contribution in [-0.4, -0.2) is 26.4 Å². The molecular weight excluding hydrogens is 212 g/mol. The van der Waals surface area contributed by atoms with Gasteiger partial charge in [0.25, 0.3) is 0 Å². The van der Waals surface area contributed by atoms with E-state index < -0.39 is 0 Å². The minimum atomic E-state index is 0.232. The maximum Gasteiger partial charge on any atom is 0.0544 e. The van der Waals surface area contributed by atoms with Gasteiger partial charge in [-0.3, -0.25) is 0 Å². The number of unbranched alkanes of at least 4 members (excludes halogenated alkanes) is 1. The highest BCUT2D eigenvalue weighted by atomic mass is 16.5. The average Bonchev–Trinajstić information content (AvgIpc) is 2.30. The minimum absolute atomic E-state index is 0.232. The number of hydrogen-bond donors (Lipinski definition) is 0. The molecule has 0 atom stereocenters. The molecule has 0 aliphatic carbocycles. The Morgan fingerprint density at radius 2 is 1.47 bits per heavy atom. The van der Waals surface area contributed by atoms with Crippen LogP contribution in [0.2, 0.25) is 0 Å². The largest absolute Gasteiger partial charge is 0.381 e. The highest BCUT2D eigenvalue weighted by molar-refractivity contribution is 4.80. The second kappa shape index (κ2) is 9.90. The Kier molecular flexibility index (Phi) is 9.85. The molecule has 0 heterocycles. The summed E-state index contributed by atoms with van der Waals surface area (Å²) in [5.41, 5.74) is 0.232. The summed E-state index contributed by atoms with van der Waals surface area (Å²) in [6.45, 7) is 14.3. The van der Waals surface area contributed by atoms with Gasteiger partial charge in [-0.15, -0.1) is 0 Å². The minimum Gasteiger partial charge on any atom is -0.381 e. The lowest BCUT2D eigenvalue weighted by Crippen LogP contribution is -2.34.